The first kappa shape index (κ1) is 20.5. The predicted molar refractivity (Wildman–Crippen MR) is 91.2 cm³/mol. The number of unbranched alkanes of at least 4 members (excludes halogenated alkanes) is 3. The number of hydrogen-bond acceptors (Lipinski definition) is 1. The molecule has 1 atom stereocenters. The zero-order valence-corrected chi connectivity index (χ0v) is 17.3. The number of halogens is 2. The molecule has 22 heavy (non-hydrogen) atoms. The zero-order valence-electron chi connectivity index (χ0n) is 13.0. The van der Waals surface area contributed by atoms with E-state index in [2.05, 4.69) is 13.0 Å². The molecule has 0 aromatic heterocycles. The van der Waals surface area contributed by atoms with Gasteiger partial charge in [0.05, 0.1) is 6.61 Å². The van der Waals surface area contributed by atoms with Crippen molar-refractivity contribution in [2.75, 3.05) is 6.61 Å². The van der Waals surface area contributed by atoms with E-state index in [4.69, 9.17) is 27.9 Å². The summed E-state index contributed by atoms with van der Waals surface area (Å²) in [6.45, 7) is 4.61. The average molecular weight is 415 g/mol. The number of ether oxygens (including phenoxy) is 1. The van der Waals surface area contributed by atoms with Gasteiger partial charge in [0, 0.05) is 48.7 Å². The van der Waals surface area contributed by atoms with Gasteiger partial charge in [-0.05, 0) is 43.9 Å². The van der Waals surface area contributed by atoms with Crippen LogP contribution >= 0.6 is 23.2 Å². The molecule has 119 valence electrons. The van der Waals surface area contributed by atoms with E-state index in [1.54, 1.807) is 11.6 Å². The molecule has 0 spiro atoms. The van der Waals surface area contributed by atoms with Crippen LogP contribution in [0.2, 0.25) is 10.0 Å². The van der Waals surface area contributed by atoms with Gasteiger partial charge >= 0.3 is 0 Å². The molecule has 4 heteroatoms. The van der Waals surface area contributed by atoms with E-state index in [0.29, 0.717) is 16.0 Å². The number of hydrogen-bond donors (Lipinski definition) is 0. The smallest absolute Gasteiger partial charge is 0.122 e. The molecule has 0 bridgehead atoms. The average Bonchev–Trinajstić information content (AvgIpc) is 2.88. The van der Waals surface area contributed by atoms with Crippen molar-refractivity contribution in [3.05, 3.63) is 46.8 Å². The van der Waals surface area contributed by atoms with E-state index < -0.39 is 0 Å². The third kappa shape index (κ3) is 6.91. The number of allylic oxidation sites excluding steroid dienone is 1. The number of benzene rings is 1. The molecule has 1 aromatic carbocycles. The van der Waals surface area contributed by atoms with Crippen LogP contribution in [-0.2, 0) is 32.7 Å². The van der Waals surface area contributed by atoms with Gasteiger partial charge in [0.1, 0.15) is 5.75 Å². The van der Waals surface area contributed by atoms with Crippen LogP contribution in [0.15, 0.2) is 29.8 Å². The second kappa shape index (κ2) is 11.1. The van der Waals surface area contributed by atoms with Gasteiger partial charge in [-0.2, -0.15) is 6.42 Å². The van der Waals surface area contributed by atoms with Gasteiger partial charge in [0.15, 0.2) is 0 Å². The van der Waals surface area contributed by atoms with Crippen LogP contribution in [0.1, 0.15) is 44.9 Å². The van der Waals surface area contributed by atoms with E-state index in [1.165, 1.54) is 38.5 Å². The summed E-state index contributed by atoms with van der Waals surface area (Å²) in [5, 5.41) is 1.24. The second-order valence-corrected chi connectivity index (χ2v) is 6.51. The summed E-state index contributed by atoms with van der Waals surface area (Å²) in [5.41, 5.74) is 1.56. The molecule has 0 unspecified atom stereocenters. The van der Waals surface area contributed by atoms with Crippen molar-refractivity contribution in [3.8, 4) is 5.75 Å². The molecule has 1 nitrogen and oxygen atoms in total. The topological polar surface area (TPSA) is 9.23 Å². The first-order chi connectivity index (χ1) is 10.2. The summed E-state index contributed by atoms with van der Waals surface area (Å²) in [6.07, 6.45) is 10.8. The largest absolute Gasteiger partial charge is 0.493 e. The Morgan fingerprint density at radius 1 is 1.09 bits per heavy atom. The monoisotopic (exact) mass is 414 g/mol. The van der Waals surface area contributed by atoms with Crippen LogP contribution < -0.4 is 4.74 Å². The fraction of sp³-hybridized carbons (Fsp3) is 0.500. The third-order valence-corrected chi connectivity index (χ3v) is 4.39. The van der Waals surface area contributed by atoms with Crippen LogP contribution in [-0.4, -0.2) is 6.61 Å². The van der Waals surface area contributed by atoms with E-state index in [-0.39, 0.29) is 32.7 Å². The molecule has 1 aromatic rings. The molecule has 0 saturated heterocycles. The summed E-state index contributed by atoms with van der Waals surface area (Å²) in [5.74, 6) is 1.30. The van der Waals surface area contributed by atoms with Crippen LogP contribution in [0.4, 0.5) is 0 Å². The zero-order chi connectivity index (χ0) is 15.1. The molecule has 0 heterocycles. The van der Waals surface area contributed by atoms with Crippen LogP contribution in [0.5, 0.6) is 5.75 Å². The van der Waals surface area contributed by atoms with E-state index in [0.717, 1.165) is 18.8 Å². The van der Waals surface area contributed by atoms with Crippen LogP contribution in [0, 0.1) is 12.8 Å². The summed E-state index contributed by atoms with van der Waals surface area (Å²) in [4.78, 5) is 0. The summed E-state index contributed by atoms with van der Waals surface area (Å²) in [6, 6.07) is 5.36. The molecule has 2 rings (SSSR count). The molecule has 0 fully saturated rings. The standard InChI is InChI=1S/C18H23Cl2O.Y/c1-2-3-4-5-7-14-8-6-9-15(14)13-21-18-11-16(19)10-17(20)12-18;/h8,10-12,15H,1-7,9,13H2;/q-1;/t15-;/m1./s1. The fourth-order valence-corrected chi connectivity index (χ4v) is 3.32. The predicted octanol–water partition coefficient (Wildman–Crippen LogP) is 6.49. The molecular weight excluding hydrogens is 392 g/mol. The number of rotatable bonds is 8. The van der Waals surface area contributed by atoms with Crippen molar-refractivity contribution >= 4 is 23.2 Å². The molecule has 0 amide bonds. The van der Waals surface area contributed by atoms with Crippen LogP contribution in [0.25, 0.3) is 0 Å². The molecular formula is C18H23Cl2OY-. The molecule has 0 saturated carbocycles. The van der Waals surface area contributed by atoms with Gasteiger partial charge in [-0.3, -0.25) is 0 Å². The Labute approximate surface area is 169 Å². The maximum Gasteiger partial charge on any atom is 0.122 e. The second-order valence-electron chi connectivity index (χ2n) is 5.63. The third-order valence-electron chi connectivity index (χ3n) is 3.95. The Bertz CT molecular complexity index is 468. The van der Waals surface area contributed by atoms with E-state index in [9.17, 15) is 0 Å². The van der Waals surface area contributed by atoms with Crippen molar-refractivity contribution in [2.45, 2.75) is 44.9 Å². The van der Waals surface area contributed by atoms with E-state index >= 15 is 0 Å². The van der Waals surface area contributed by atoms with Gasteiger partial charge < -0.3 is 11.7 Å². The summed E-state index contributed by atoms with van der Waals surface area (Å²) < 4.78 is 5.89. The van der Waals surface area contributed by atoms with Gasteiger partial charge in [-0.25, -0.2) is 0 Å². The van der Waals surface area contributed by atoms with E-state index in [1.807, 2.05) is 12.1 Å². The maximum atomic E-state index is 5.99. The van der Waals surface area contributed by atoms with Gasteiger partial charge in [0.2, 0.25) is 0 Å². The quantitative estimate of drug-likeness (QED) is 0.268. The van der Waals surface area contributed by atoms with Crippen molar-refractivity contribution in [3.63, 3.8) is 0 Å². The molecule has 1 aliphatic rings. The minimum Gasteiger partial charge on any atom is -0.493 e. The van der Waals surface area contributed by atoms with Crippen molar-refractivity contribution in [1.82, 2.24) is 0 Å². The van der Waals surface area contributed by atoms with Gasteiger partial charge in [-0.1, -0.05) is 47.7 Å². The Hall–Kier alpha value is 0.444. The minimum absolute atomic E-state index is 0. The molecule has 0 aliphatic heterocycles. The molecule has 1 aliphatic carbocycles. The minimum atomic E-state index is 0. The fourth-order valence-electron chi connectivity index (χ4n) is 2.81. The van der Waals surface area contributed by atoms with Crippen LogP contribution in [0.3, 0.4) is 0 Å². The Balaban J connectivity index is 0.00000242. The Morgan fingerprint density at radius 2 is 1.82 bits per heavy atom. The summed E-state index contributed by atoms with van der Waals surface area (Å²) >= 11 is 12.0. The summed E-state index contributed by atoms with van der Waals surface area (Å²) in [7, 11) is 0. The Morgan fingerprint density at radius 3 is 2.50 bits per heavy atom. The van der Waals surface area contributed by atoms with Crippen molar-refractivity contribution in [2.24, 2.45) is 5.92 Å². The SMILES string of the molecule is [CH2-]CCCCCC1=CCC[C@@H]1COc1cc(Cl)cc(Cl)c1.[Y]. The van der Waals surface area contributed by atoms with Gasteiger partial charge in [0.25, 0.3) is 0 Å². The van der Waals surface area contributed by atoms with Crippen molar-refractivity contribution < 1.29 is 37.4 Å². The Kier molecular flexibility index (Phi) is 10.3. The first-order valence-electron chi connectivity index (χ1n) is 7.76. The maximum absolute atomic E-state index is 5.99. The first-order valence-corrected chi connectivity index (χ1v) is 8.51. The normalized spacial score (nSPS) is 17.0. The van der Waals surface area contributed by atoms with Crippen molar-refractivity contribution in [1.29, 1.82) is 0 Å². The molecule has 0 N–H and O–H groups in total. The van der Waals surface area contributed by atoms with Gasteiger partial charge in [-0.15, -0.1) is 0 Å². The molecule has 1 radical (unpaired) electrons.